The third kappa shape index (κ3) is 5.70. The zero-order chi connectivity index (χ0) is 22.6. The highest BCUT2D eigenvalue weighted by Gasteiger charge is 2.43. The molecule has 1 aliphatic carbocycles. The van der Waals surface area contributed by atoms with E-state index in [9.17, 15) is 13.2 Å². The van der Waals surface area contributed by atoms with Gasteiger partial charge in [-0.2, -0.15) is 8.42 Å². The van der Waals surface area contributed by atoms with E-state index >= 15 is 0 Å². The van der Waals surface area contributed by atoms with Crippen LogP contribution in [-0.4, -0.2) is 39.1 Å². The fraction of sp³-hybridized carbons (Fsp3) is 0.480. The van der Waals surface area contributed by atoms with Crippen molar-refractivity contribution in [1.82, 2.24) is 4.90 Å². The van der Waals surface area contributed by atoms with Crippen LogP contribution in [0.15, 0.2) is 59.5 Å². The van der Waals surface area contributed by atoms with Gasteiger partial charge in [0.1, 0.15) is 6.61 Å². The lowest BCUT2D eigenvalue weighted by molar-refractivity contribution is 0.0796. The second-order valence-electron chi connectivity index (χ2n) is 8.85. The second-order valence-corrected chi connectivity index (χ2v) is 10.4. The summed E-state index contributed by atoms with van der Waals surface area (Å²) in [5.41, 5.74) is 1.69. The van der Waals surface area contributed by atoms with Crippen molar-refractivity contribution >= 4 is 16.2 Å². The number of nitrogens with zero attached hydrogens (tertiary/aromatic N) is 1. The van der Waals surface area contributed by atoms with Gasteiger partial charge < -0.3 is 9.64 Å². The topological polar surface area (TPSA) is 72.9 Å². The number of amides is 1. The van der Waals surface area contributed by atoms with Crippen LogP contribution in [0.1, 0.15) is 36.8 Å². The van der Waals surface area contributed by atoms with Gasteiger partial charge in [0.2, 0.25) is 0 Å². The Kier molecular flexibility index (Phi) is 7.16. The molecule has 4 rings (SSSR count). The van der Waals surface area contributed by atoms with Gasteiger partial charge in [0, 0.05) is 13.1 Å². The van der Waals surface area contributed by atoms with E-state index in [1.807, 2.05) is 36.4 Å². The quantitative estimate of drug-likeness (QED) is 0.534. The lowest BCUT2D eigenvalue weighted by Crippen LogP contribution is -2.39. The highest BCUT2D eigenvalue weighted by atomic mass is 32.2. The molecule has 1 saturated carbocycles. The highest BCUT2D eigenvalue weighted by molar-refractivity contribution is 7.86. The van der Waals surface area contributed by atoms with E-state index in [0.717, 1.165) is 44.3 Å². The lowest BCUT2D eigenvalue weighted by Gasteiger charge is -2.31. The first kappa shape index (κ1) is 22.8. The fourth-order valence-corrected chi connectivity index (χ4v) is 5.86. The molecule has 7 heteroatoms. The standard InChI is InChI=1S/C25H31NO5S/c1-19-7-5-6-10-24(19)32(28,29)31-16-13-22-17-23(22)21-11-14-26(15-12-21)25(27)30-18-20-8-3-2-4-9-20/h2-10,21-23H,11-18H2,1H3/t22-,23-/m1/s1. The van der Waals surface area contributed by atoms with Crippen molar-refractivity contribution in [2.24, 2.45) is 17.8 Å². The van der Waals surface area contributed by atoms with Gasteiger partial charge in [0.15, 0.2) is 0 Å². The molecular weight excluding hydrogens is 426 g/mol. The van der Waals surface area contributed by atoms with Crippen molar-refractivity contribution in [2.45, 2.75) is 44.1 Å². The number of carbonyl (C=O) groups excluding carboxylic acids is 1. The van der Waals surface area contributed by atoms with Crippen molar-refractivity contribution < 1.29 is 22.1 Å². The number of rotatable bonds is 8. The predicted octanol–water partition coefficient (Wildman–Crippen LogP) is 4.78. The molecule has 2 aromatic rings. The van der Waals surface area contributed by atoms with Gasteiger partial charge in [0.25, 0.3) is 10.1 Å². The third-order valence-corrected chi connectivity index (χ3v) is 8.15. The zero-order valence-corrected chi connectivity index (χ0v) is 19.3. The summed E-state index contributed by atoms with van der Waals surface area (Å²) in [6, 6.07) is 16.6. The molecule has 1 aliphatic heterocycles. The molecule has 1 heterocycles. The average Bonchev–Trinajstić information content (AvgIpc) is 3.58. The Bertz CT molecular complexity index is 1020. The molecule has 172 valence electrons. The number of carbonyl (C=O) groups is 1. The van der Waals surface area contributed by atoms with Crippen LogP contribution in [0.3, 0.4) is 0 Å². The van der Waals surface area contributed by atoms with Crippen molar-refractivity contribution in [1.29, 1.82) is 0 Å². The monoisotopic (exact) mass is 457 g/mol. The number of aryl methyl sites for hydroxylation is 1. The summed E-state index contributed by atoms with van der Waals surface area (Å²) in [6.07, 6.45) is 3.59. The van der Waals surface area contributed by atoms with Gasteiger partial charge in [-0.3, -0.25) is 4.18 Å². The van der Waals surface area contributed by atoms with E-state index in [1.54, 1.807) is 30.0 Å². The molecule has 0 aromatic heterocycles. The van der Waals surface area contributed by atoms with Crippen LogP contribution in [-0.2, 0) is 25.6 Å². The maximum absolute atomic E-state index is 12.4. The molecule has 0 N–H and O–H groups in total. The first-order valence-electron chi connectivity index (χ1n) is 11.3. The fourth-order valence-electron chi connectivity index (χ4n) is 4.71. The Balaban J connectivity index is 1.15. The number of piperidine rings is 1. The summed E-state index contributed by atoms with van der Waals surface area (Å²) >= 11 is 0. The lowest BCUT2D eigenvalue weighted by atomic mass is 9.91. The SMILES string of the molecule is Cc1ccccc1S(=O)(=O)OCC[C@@H]1C[C@@H]1C1CCN(C(=O)OCc2ccccc2)CC1. The average molecular weight is 458 g/mol. The number of hydrogen-bond acceptors (Lipinski definition) is 5. The first-order valence-corrected chi connectivity index (χ1v) is 12.8. The van der Waals surface area contributed by atoms with Crippen molar-refractivity contribution in [3.63, 3.8) is 0 Å². The van der Waals surface area contributed by atoms with Crippen molar-refractivity contribution in [2.75, 3.05) is 19.7 Å². The van der Waals surface area contributed by atoms with E-state index in [2.05, 4.69) is 0 Å². The van der Waals surface area contributed by atoms with E-state index in [1.165, 1.54) is 0 Å². The zero-order valence-electron chi connectivity index (χ0n) is 18.5. The molecule has 2 atom stereocenters. The first-order chi connectivity index (χ1) is 15.4. The molecule has 32 heavy (non-hydrogen) atoms. The molecule has 6 nitrogen and oxygen atoms in total. The molecule has 2 fully saturated rings. The Labute approximate surface area is 190 Å². The van der Waals surface area contributed by atoms with Crippen molar-refractivity contribution in [3.05, 3.63) is 65.7 Å². The van der Waals surface area contributed by atoms with E-state index in [0.29, 0.717) is 29.9 Å². The minimum absolute atomic E-state index is 0.225. The van der Waals surface area contributed by atoms with E-state index in [4.69, 9.17) is 8.92 Å². The smallest absolute Gasteiger partial charge is 0.410 e. The minimum atomic E-state index is -3.70. The molecule has 0 unspecified atom stereocenters. The van der Waals surface area contributed by atoms with Crippen LogP contribution < -0.4 is 0 Å². The molecular formula is C25H31NO5S. The van der Waals surface area contributed by atoms with Gasteiger partial charge in [-0.15, -0.1) is 0 Å². The minimum Gasteiger partial charge on any atom is -0.445 e. The van der Waals surface area contributed by atoms with Gasteiger partial charge in [0.05, 0.1) is 11.5 Å². The highest BCUT2D eigenvalue weighted by Crippen LogP contribution is 2.49. The summed E-state index contributed by atoms with van der Waals surface area (Å²) < 4.78 is 35.6. The number of ether oxygens (including phenoxy) is 1. The van der Waals surface area contributed by atoms with Crippen LogP contribution >= 0.6 is 0 Å². The van der Waals surface area contributed by atoms with E-state index < -0.39 is 10.1 Å². The summed E-state index contributed by atoms with van der Waals surface area (Å²) in [5, 5.41) is 0. The predicted molar refractivity (Wildman–Crippen MR) is 121 cm³/mol. The largest absolute Gasteiger partial charge is 0.445 e. The summed E-state index contributed by atoms with van der Waals surface area (Å²) in [4.78, 5) is 14.4. The Hall–Kier alpha value is -2.38. The van der Waals surface area contributed by atoms with Gasteiger partial charge in [-0.25, -0.2) is 4.79 Å². The van der Waals surface area contributed by atoms with E-state index in [-0.39, 0.29) is 17.6 Å². The Morgan fingerprint density at radius 2 is 1.72 bits per heavy atom. The van der Waals surface area contributed by atoms with Crippen LogP contribution in [0.25, 0.3) is 0 Å². The molecule has 0 radical (unpaired) electrons. The third-order valence-electron chi connectivity index (χ3n) is 6.68. The Morgan fingerprint density at radius 3 is 2.44 bits per heavy atom. The molecule has 1 saturated heterocycles. The number of benzene rings is 2. The Morgan fingerprint density at radius 1 is 1.03 bits per heavy atom. The summed E-state index contributed by atoms with van der Waals surface area (Å²) in [7, 11) is -3.70. The number of likely N-dealkylation sites (tertiary alicyclic amines) is 1. The maximum Gasteiger partial charge on any atom is 0.410 e. The molecule has 2 aliphatic rings. The number of hydrogen-bond donors (Lipinski definition) is 0. The van der Waals surface area contributed by atoms with Crippen molar-refractivity contribution in [3.8, 4) is 0 Å². The summed E-state index contributed by atoms with van der Waals surface area (Å²) in [6.45, 7) is 3.74. The van der Waals surface area contributed by atoms with Gasteiger partial charge in [-0.1, -0.05) is 48.5 Å². The van der Waals surface area contributed by atoms with Crippen LogP contribution in [0, 0.1) is 24.7 Å². The van der Waals surface area contributed by atoms with Gasteiger partial charge in [-0.05, 0) is 67.6 Å². The van der Waals surface area contributed by atoms with Crippen LogP contribution in [0.2, 0.25) is 0 Å². The second kappa shape index (κ2) is 10.0. The maximum atomic E-state index is 12.4. The van der Waals surface area contributed by atoms with Gasteiger partial charge >= 0.3 is 6.09 Å². The van der Waals surface area contributed by atoms with Crippen LogP contribution in [0.4, 0.5) is 4.79 Å². The summed E-state index contributed by atoms with van der Waals surface area (Å²) in [5.74, 6) is 1.72. The van der Waals surface area contributed by atoms with Crippen LogP contribution in [0.5, 0.6) is 0 Å². The molecule has 1 amide bonds. The molecule has 0 spiro atoms. The molecule has 0 bridgehead atoms. The molecule has 2 aromatic carbocycles. The normalized spacial score (nSPS) is 21.3.